The number of esters is 1. The first-order valence-electron chi connectivity index (χ1n) is 7.27. The highest BCUT2D eigenvalue weighted by molar-refractivity contribution is 5.90. The van der Waals surface area contributed by atoms with Crippen LogP contribution in [0.2, 0.25) is 0 Å². The van der Waals surface area contributed by atoms with E-state index in [4.69, 9.17) is 0 Å². The zero-order valence-electron chi connectivity index (χ0n) is 12.8. The Bertz CT molecular complexity index is 825. The molecular formula is C16H14FN3O4. The van der Waals surface area contributed by atoms with Crippen molar-refractivity contribution in [3.05, 3.63) is 63.1 Å². The Hall–Kier alpha value is -3.03. The van der Waals surface area contributed by atoms with Gasteiger partial charge in [-0.15, -0.1) is 0 Å². The van der Waals surface area contributed by atoms with E-state index in [1.807, 2.05) is 0 Å². The van der Waals surface area contributed by atoms with E-state index in [2.05, 4.69) is 15.0 Å². The van der Waals surface area contributed by atoms with Crippen molar-refractivity contribution in [2.45, 2.75) is 18.9 Å². The fourth-order valence-electron chi connectivity index (χ4n) is 2.83. The van der Waals surface area contributed by atoms with E-state index in [0.29, 0.717) is 12.8 Å². The normalized spacial score (nSPS) is 15.7. The van der Waals surface area contributed by atoms with Gasteiger partial charge in [-0.1, -0.05) is 6.07 Å². The number of hydrogen-bond acceptors (Lipinski definition) is 6. The molecular weight excluding hydrogens is 317 g/mol. The van der Waals surface area contributed by atoms with Crippen LogP contribution in [0.3, 0.4) is 0 Å². The Labute approximate surface area is 136 Å². The van der Waals surface area contributed by atoms with Crippen LogP contribution >= 0.6 is 0 Å². The highest BCUT2D eigenvalue weighted by Crippen LogP contribution is 2.36. The second-order valence-corrected chi connectivity index (χ2v) is 5.42. The molecule has 1 atom stereocenters. The second-order valence-electron chi connectivity index (χ2n) is 5.42. The first kappa shape index (κ1) is 15.9. The Morgan fingerprint density at radius 2 is 2.25 bits per heavy atom. The summed E-state index contributed by atoms with van der Waals surface area (Å²) in [4.78, 5) is 26.2. The van der Waals surface area contributed by atoms with Crippen molar-refractivity contribution in [2.75, 3.05) is 12.4 Å². The van der Waals surface area contributed by atoms with Crippen LogP contribution in [0.5, 0.6) is 0 Å². The molecule has 1 N–H and O–H groups in total. The predicted octanol–water partition coefficient (Wildman–Crippen LogP) is 3.01. The first-order chi connectivity index (χ1) is 11.5. The van der Waals surface area contributed by atoms with Crippen LogP contribution in [-0.2, 0) is 11.2 Å². The molecule has 1 aliphatic carbocycles. The topological polar surface area (TPSA) is 94.4 Å². The van der Waals surface area contributed by atoms with E-state index < -0.39 is 10.9 Å². The molecule has 0 spiro atoms. The third-order valence-corrected chi connectivity index (χ3v) is 3.98. The number of carbonyl (C=O) groups is 1. The fraction of sp³-hybridized carbons (Fsp3) is 0.250. The van der Waals surface area contributed by atoms with Crippen molar-refractivity contribution in [1.82, 2.24) is 4.98 Å². The van der Waals surface area contributed by atoms with Gasteiger partial charge in [0.1, 0.15) is 5.82 Å². The lowest BCUT2D eigenvalue weighted by molar-refractivity contribution is -0.384. The third kappa shape index (κ3) is 2.90. The number of rotatable bonds is 4. The molecule has 0 bridgehead atoms. The number of fused-ring (bicyclic) bond motifs is 1. The van der Waals surface area contributed by atoms with Crippen LogP contribution in [0, 0.1) is 15.9 Å². The average molecular weight is 331 g/mol. The zero-order chi connectivity index (χ0) is 17.3. The average Bonchev–Trinajstić information content (AvgIpc) is 2.96. The minimum Gasteiger partial charge on any atom is -0.465 e. The number of nitro groups is 1. The fourth-order valence-corrected chi connectivity index (χ4v) is 2.83. The summed E-state index contributed by atoms with van der Waals surface area (Å²) in [5.74, 6) is -0.936. The Morgan fingerprint density at radius 1 is 1.46 bits per heavy atom. The van der Waals surface area contributed by atoms with Crippen LogP contribution in [0.1, 0.15) is 33.9 Å². The molecule has 1 heterocycles. The number of hydrogen-bond donors (Lipinski definition) is 1. The van der Waals surface area contributed by atoms with Crippen molar-refractivity contribution in [2.24, 2.45) is 0 Å². The SMILES string of the molecule is COC(=O)c1cnc(NC2CCc3cc(F)ccc32)c([N+](=O)[O-])c1. The van der Waals surface area contributed by atoms with Crippen molar-refractivity contribution in [3.8, 4) is 0 Å². The largest absolute Gasteiger partial charge is 0.465 e. The summed E-state index contributed by atoms with van der Waals surface area (Å²) in [6.45, 7) is 0. The minimum absolute atomic E-state index is 0.00337. The summed E-state index contributed by atoms with van der Waals surface area (Å²) in [5.41, 5.74) is 1.46. The highest BCUT2D eigenvalue weighted by Gasteiger charge is 2.27. The molecule has 7 nitrogen and oxygen atoms in total. The number of aromatic nitrogens is 1. The standard InChI is InChI=1S/C16H14FN3O4/c1-24-16(21)10-7-14(20(22)23)15(18-8-10)19-13-5-2-9-6-11(17)3-4-12(9)13/h3-4,6-8,13H,2,5H2,1H3,(H,18,19). The van der Waals surface area contributed by atoms with Crippen LogP contribution in [0.4, 0.5) is 15.9 Å². The van der Waals surface area contributed by atoms with E-state index in [1.54, 1.807) is 6.07 Å². The van der Waals surface area contributed by atoms with E-state index in [1.165, 1.54) is 25.4 Å². The Kier molecular flexibility index (Phi) is 4.11. The molecule has 0 saturated carbocycles. The van der Waals surface area contributed by atoms with E-state index in [0.717, 1.165) is 17.2 Å². The third-order valence-electron chi connectivity index (χ3n) is 3.98. The van der Waals surface area contributed by atoms with Crippen LogP contribution in [0.25, 0.3) is 0 Å². The molecule has 8 heteroatoms. The summed E-state index contributed by atoms with van der Waals surface area (Å²) >= 11 is 0. The number of pyridine rings is 1. The minimum atomic E-state index is -0.696. The summed E-state index contributed by atoms with van der Waals surface area (Å²) < 4.78 is 17.8. The van der Waals surface area contributed by atoms with Crippen molar-refractivity contribution in [3.63, 3.8) is 0 Å². The smallest absolute Gasteiger partial charge is 0.339 e. The van der Waals surface area contributed by atoms with Gasteiger partial charge in [0, 0.05) is 12.3 Å². The molecule has 0 fully saturated rings. The predicted molar refractivity (Wildman–Crippen MR) is 83.3 cm³/mol. The Balaban J connectivity index is 1.91. The Morgan fingerprint density at radius 3 is 2.96 bits per heavy atom. The molecule has 24 heavy (non-hydrogen) atoms. The molecule has 1 aromatic heterocycles. The van der Waals surface area contributed by atoms with Gasteiger partial charge < -0.3 is 10.1 Å². The number of aryl methyl sites for hydroxylation is 1. The zero-order valence-corrected chi connectivity index (χ0v) is 12.8. The maximum absolute atomic E-state index is 13.3. The maximum Gasteiger partial charge on any atom is 0.339 e. The molecule has 0 saturated heterocycles. The van der Waals surface area contributed by atoms with Crippen molar-refractivity contribution in [1.29, 1.82) is 0 Å². The van der Waals surface area contributed by atoms with Crippen LogP contribution < -0.4 is 5.32 Å². The van der Waals surface area contributed by atoms with Crippen molar-refractivity contribution >= 4 is 17.5 Å². The van der Waals surface area contributed by atoms with Crippen LogP contribution in [0.15, 0.2) is 30.5 Å². The maximum atomic E-state index is 13.3. The number of anilines is 1. The van der Waals surface area contributed by atoms with Gasteiger partial charge in [-0.2, -0.15) is 0 Å². The molecule has 1 aliphatic rings. The van der Waals surface area contributed by atoms with Gasteiger partial charge in [-0.05, 0) is 36.1 Å². The van der Waals surface area contributed by atoms with Crippen molar-refractivity contribution < 1.29 is 18.8 Å². The number of carbonyl (C=O) groups excluding carboxylic acids is 1. The van der Waals surface area contributed by atoms with Crippen LogP contribution in [-0.4, -0.2) is 23.0 Å². The number of nitrogens with zero attached hydrogens (tertiary/aromatic N) is 2. The molecule has 124 valence electrons. The summed E-state index contributed by atoms with van der Waals surface area (Å²) in [6.07, 6.45) is 2.58. The number of nitrogens with one attached hydrogen (secondary N) is 1. The molecule has 0 radical (unpaired) electrons. The van der Waals surface area contributed by atoms with Gasteiger partial charge in [0.15, 0.2) is 0 Å². The van der Waals surface area contributed by atoms with Gasteiger partial charge in [-0.25, -0.2) is 14.2 Å². The van der Waals surface area contributed by atoms with Gasteiger partial charge in [0.2, 0.25) is 5.82 Å². The molecule has 2 aromatic rings. The van der Waals surface area contributed by atoms with E-state index in [-0.39, 0.29) is 28.9 Å². The van der Waals surface area contributed by atoms with Gasteiger partial charge in [-0.3, -0.25) is 10.1 Å². The van der Waals surface area contributed by atoms with Gasteiger partial charge in [0.25, 0.3) is 0 Å². The molecule has 1 aromatic carbocycles. The molecule has 1 unspecified atom stereocenters. The lowest BCUT2D eigenvalue weighted by atomic mass is 10.1. The molecule has 0 aliphatic heterocycles. The number of benzene rings is 1. The lowest BCUT2D eigenvalue weighted by Crippen LogP contribution is -2.12. The quantitative estimate of drug-likeness (QED) is 0.526. The summed E-state index contributed by atoms with van der Waals surface area (Å²) in [6, 6.07) is 5.43. The molecule has 3 rings (SSSR count). The lowest BCUT2D eigenvalue weighted by Gasteiger charge is -2.15. The van der Waals surface area contributed by atoms with E-state index in [9.17, 15) is 19.3 Å². The summed E-state index contributed by atoms with van der Waals surface area (Å²) in [5, 5.41) is 14.3. The van der Waals surface area contributed by atoms with Gasteiger partial charge in [0.05, 0.1) is 23.6 Å². The summed E-state index contributed by atoms with van der Waals surface area (Å²) in [7, 11) is 1.19. The number of methoxy groups -OCH3 is 1. The van der Waals surface area contributed by atoms with Gasteiger partial charge >= 0.3 is 11.7 Å². The monoisotopic (exact) mass is 331 g/mol. The second kappa shape index (κ2) is 6.23. The first-order valence-corrected chi connectivity index (χ1v) is 7.27. The number of halogens is 1. The van der Waals surface area contributed by atoms with E-state index >= 15 is 0 Å². The molecule has 0 amide bonds. The highest BCUT2D eigenvalue weighted by atomic mass is 19.1. The number of ether oxygens (including phenoxy) is 1.